The number of allylic oxidation sites excluding steroid dienone is 4. The van der Waals surface area contributed by atoms with Gasteiger partial charge in [-0.05, 0) is 12.2 Å². The number of hydrogen-bond acceptors (Lipinski definition) is 2. The molecule has 48 valence electrons. The van der Waals surface area contributed by atoms with Crippen LogP contribution >= 0.6 is 11.6 Å². The van der Waals surface area contributed by atoms with Gasteiger partial charge in [-0.25, -0.2) is 0 Å². The summed E-state index contributed by atoms with van der Waals surface area (Å²) in [6.07, 6.45) is 4.20. The summed E-state index contributed by atoms with van der Waals surface area (Å²) < 4.78 is 0. The van der Waals surface area contributed by atoms with Gasteiger partial charge in [0.2, 0.25) is 0 Å². The van der Waals surface area contributed by atoms with E-state index in [-0.39, 0.29) is 11.5 Å². The molecule has 0 amide bonds. The molecule has 1 atom stereocenters. The summed E-state index contributed by atoms with van der Waals surface area (Å²) in [7, 11) is 0. The van der Waals surface area contributed by atoms with E-state index < -0.39 is 5.38 Å². The SMILES string of the molecule is O=C1C=CC=C(O)C1Cl. The van der Waals surface area contributed by atoms with Gasteiger partial charge in [-0.3, -0.25) is 4.79 Å². The van der Waals surface area contributed by atoms with Crippen LogP contribution in [-0.4, -0.2) is 16.3 Å². The van der Waals surface area contributed by atoms with Crippen molar-refractivity contribution in [1.29, 1.82) is 0 Å². The Labute approximate surface area is 57.4 Å². The first kappa shape index (κ1) is 6.36. The van der Waals surface area contributed by atoms with Crippen molar-refractivity contribution in [3.63, 3.8) is 0 Å². The Kier molecular flexibility index (Phi) is 1.58. The maximum atomic E-state index is 10.6. The van der Waals surface area contributed by atoms with Gasteiger partial charge in [0.05, 0.1) is 0 Å². The van der Waals surface area contributed by atoms with Gasteiger partial charge >= 0.3 is 0 Å². The van der Waals surface area contributed by atoms with E-state index in [0.29, 0.717) is 0 Å². The minimum atomic E-state index is -0.866. The van der Waals surface area contributed by atoms with E-state index in [1.54, 1.807) is 0 Å². The van der Waals surface area contributed by atoms with Gasteiger partial charge in [0.25, 0.3) is 0 Å². The number of hydrogen-bond donors (Lipinski definition) is 1. The average Bonchev–Trinajstić information content (AvgIpc) is 1.83. The molecule has 0 aliphatic heterocycles. The van der Waals surface area contributed by atoms with Crippen LogP contribution in [0, 0.1) is 0 Å². The van der Waals surface area contributed by atoms with Gasteiger partial charge in [0.1, 0.15) is 5.76 Å². The summed E-state index contributed by atoms with van der Waals surface area (Å²) in [4.78, 5) is 10.6. The molecule has 0 saturated carbocycles. The zero-order valence-electron chi connectivity index (χ0n) is 4.54. The van der Waals surface area contributed by atoms with Crippen molar-refractivity contribution in [2.45, 2.75) is 5.38 Å². The van der Waals surface area contributed by atoms with Crippen molar-refractivity contribution in [3.05, 3.63) is 24.0 Å². The first-order valence-corrected chi connectivity index (χ1v) is 2.90. The molecule has 0 bridgehead atoms. The van der Waals surface area contributed by atoms with E-state index in [1.165, 1.54) is 18.2 Å². The molecule has 0 heterocycles. The standard InChI is InChI=1S/C6H5ClO2/c7-6-4(8)2-1-3-5(6)9/h1-3,6,8H. The summed E-state index contributed by atoms with van der Waals surface area (Å²) in [6, 6.07) is 0. The number of aliphatic hydroxyl groups excluding tert-OH is 1. The monoisotopic (exact) mass is 144 g/mol. The van der Waals surface area contributed by atoms with Crippen LogP contribution in [0.1, 0.15) is 0 Å². The third kappa shape index (κ3) is 1.13. The summed E-state index contributed by atoms with van der Waals surface area (Å²) in [5.41, 5.74) is 0. The molecule has 0 fully saturated rings. The summed E-state index contributed by atoms with van der Waals surface area (Å²) >= 11 is 5.40. The van der Waals surface area contributed by atoms with Crippen LogP contribution < -0.4 is 0 Å². The lowest BCUT2D eigenvalue weighted by Crippen LogP contribution is -2.16. The summed E-state index contributed by atoms with van der Waals surface area (Å²) in [5.74, 6) is -0.346. The van der Waals surface area contributed by atoms with Crippen LogP contribution in [0.3, 0.4) is 0 Å². The Hall–Kier alpha value is -0.760. The number of rotatable bonds is 0. The predicted octanol–water partition coefficient (Wildman–Crippen LogP) is 1.17. The van der Waals surface area contributed by atoms with Gasteiger partial charge in [0.15, 0.2) is 11.2 Å². The fraction of sp³-hybridized carbons (Fsp3) is 0.167. The number of carbonyl (C=O) groups is 1. The highest BCUT2D eigenvalue weighted by Crippen LogP contribution is 2.12. The van der Waals surface area contributed by atoms with Crippen molar-refractivity contribution in [1.82, 2.24) is 0 Å². The normalized spacial score (nSPS) is 26.1. The van der Waals surface area contributed by atoms with E-state index in [4.69, 9.17) is 16.7 Å². The lowest BCUT2D eigenvalue weighted by molar-refractivity contribution is -0.114. The van der Waals surface area contributed by atoms with Gasteiger partial charge < -0.3 is 5.11 Å². The van der Waals surface area contributed by atoms with E-state index in [1.807, 2.05) is 0 Å². The second-order valence-corrected chi connectivity index (χ2v) is 2.15. The largest absolute Gasteiger partial charge is 0.510 e. The lowest BCUT2D eigenvalue weighted by atomic mass is 10.1. The predicted molar refractivity (Wildman–Crippen MR) is 34.5 cm³/mol. The molecule has 1 aliphatic carbocycles. The number of carbonyl (C=O) groups excluding carboxylic acids is 1. The Morgan fingerprint density at radius 3 is 2.78 bits per heavy atom. The molecule has 3 heteroatoms. The summed E-state index contributed by atoms with van der Waals surface area (Å²) in [6.45, 7) is 0. The van der Waals surface area contributed by atoms with Crippen LogP contribution in [0.2, 0.25) is 0 Å². The first-order chi connectivity index (χ1) is 4.22. The molecule has 0 spiro atoms. The van der Waals surface area contributed by atoms with E-state index in [0.717, 1.165) is 0 Å². The van der Waals surface area contributed by atoms with Crippen molar-refractivity contribution < 1.29 is 9.90 Å². The topological polar surface area (TPSA) is 37.3 Å². The van der Waals surface area contributed by atoms with E-state index >= 15 is 0 Å². The molecule has 1 N–H and O–H groups in total. The molecule has 0 aromatic heterocycles. The quantitative estimate of drug-likeness (QED) is 0.519. The number of alkyl halides is 1. The van der Waals surface area contributed by atoms with Crippen LogP contribution in [0.25, 0.3) is 0 Å². The Morgan fingerprint density at radius 2 is 2.33 bits per heavy atom. The van der Waals surface area contributed by atoms with Crippen molar-refractivity contribution >= 4 is 17.4 Å². The second-order valence-electron chi connectivity index (χ2n) is 1.72. The molecule has 0 radical (unpaired) electrons. The number of aliphatic hydroxyl groups is 1. The smallest absolute Gasteiger partial charge is 0.181 e. The molecular formula is C6H5ClO2. The van der Waals surface area contributed by atoms with Crippen molar-refractivity contribution in [2.24, 2.45) is 0 Å². The molecule has 0 aromatic rings. The molecule has 9 heavy (non-hydrogen) atoms. The van der Waals surface area contributed by atoms with Crippen LogP contribution in [-0.2, 0) is 4.79 Å². The van der Waals surface area contributed by atoms with Crippen molar-refractivity contribution in [3.8, 4) is 0 Å². The van der Waals surface area contributed by atoms with Gasteiger partial charge in [-0.2, -0.15) is 0 Å². The fourth-order valence-corrected chi connectivity index (χ4v) is 0.702. The van der Waals surface area contributed by atoms with E-state index in [9.17, 15) is 4.79 Å². The minimum absolute atomic E-state index is 0.0795. The van der Waals surface area contributed by atoms with E-state index in [2.05, 4.69) is 0 Å². The maximum absolute atomic E-state index is 10.6. The van der Waals surface area contributed by atoms with Gasteiger partial charge in [-0.15, -0.1) is 11.6 Å². The highest BCUT2D eigenvalue weighted by atomic mass is 35.5. The first-order valence-electron chi connectivity index (χ1n) is 2.47. The Balaban J connectivity index is 2.86. The third-order valence-electron chi connectivity index (χ3n) is 1.04. The minimum Gasteiger partial charge on any atom is -0.510 e. The van der Waals surface area contributed by atoms with Gasteiger partial charge in [0, 0.05) is 0 Å². The lowest BCUT2D eigenvalue weighted by Gasteiger charge is -2.06. The molecule has 1 unspecified atom stereocenters. The summed E-state index contributed by atoms with van der Waals surface area (Å²) in [5, 5.41) is 7.94. The number of ketones is 1. The van der Waals surface area contributed by atoms with Crippen molar-refractivity contribution in [2.75, 3.05) is 0 Å². The van der Waals surface area contributed by atoms with Crippen LogP contribution in [0.4, 0.5) is 0 Å². The molecule has 0 aromatic carbocycles. The Bertz CT molecular complexity index is 193. The highest BCUT2D eigenvalue weighted by Gasteiger charge is 2.18. The second kappa shape index (κ2) is 2.23. The molecule has 1 rings (SSSR count). The van der Waals surface area contributed by atoms with Crippen LogP contribution in [0.5, 0.6) is 0 Å². The maximum Gasteiger partial charge on any atom is 0.181 e. The Morgan fingerprint density at radius 1 is 1.67 bits per heavy atom. The third-order valence-corrected chi connectivity index (χ3v) is 1.48. The average molecular weight is 145 g/mol. The zero-order valence-corrected chi connectivity index (χ0v) is 5.30. The highest BCUT2D eigenvalue weighted by molar-refractivity contribution is 6.35. The number of halogens is 1. The van der Waals surface area contributed by atoms with Crippen LogP contribution in [0.15, 0.2) is 24.0 Å². The molecule has 2 nitrogen and oxygen atoms in total. The molecule has 0 saturated heterocycles. The fourth-order valence-electron chi connectivity index (χ4n) is 0.556. The molecule has 1 aliphatic rings. The zero-order chi connectivity index (χ0) is 6.85. The van der Waals surface area contributed by atoms with Gasteiger partial charge in [-0.1, -0.05) is 6.08 Å². The molecular weight excluding hydrogens is 140 g/mol.